The van der Waals surface area contributed by atoms with Gasteiger partial charge in [0.15, 0.2) is 22.8 Å². The highest BCUT2D eigenvalue weighted by atomic mass is 35.5. The number of esters is 1. The molecule has 33 heavy (non-hydrogen) atoms. The summed E-state index contributed by atoms with van der Waals surface area (Å²) in [6.45, 7) is 6.64. The lowest BCUT2D eigenvalue weighted by atomic mass is 9.44. The summed E-state index contributed by atoms with van der Waals surface area (Å²) in [5, 5.41) is 11.4. The van der Waals surface area contributed by atoms with Crippen LogP contribution in [-0.4, -0.2) is 52.1 Å². The predicted octanol–water partition coefficient (Wildman–Crippen LogP) is 4.05. The highest BCUT2D eigenvalue weighted by Gasteiger charge is 2.77. The number of rotatable bonds is 4. The number of alkyl halides is 3. The Morgan fingerprint density at radius 3 is 2.55 bits per heavy atom. The first-order valence-corrected chi connectivity index (χ1v) is 12.1. The zero-order chi connectivity index (χ0) is 24.6. The van der Waals surface area contributed by atoms with Crippen molar-refractivity contribution in [1.82, 2.24) is 0 Å². The standard InChI is InChI=1S/C25H31ClF2O5/c1-5-21(32)33-25(20(31)12-26)13(2)8-15-16-10-18(27)17-9-14(29)6-7-22(17,3)24(16,28)19(30)11-23(15,25)4/h6-7,9,13,15-16,18-19,30H,5,8,10-12H2,1-4H3/t13-,15+,16-,18-,19-,22-,23+,24-,25-/m0/s1. The molecule has 0 heterocycles. The van der Waals surface area contributed by atoms with E-state index in [-0.39, 0.29) is 24.8 Å². The number of allylic oxidation sites excluding steroid dienone is 4. The van der Waals surface area contributed by atoms with Gasteiger partial charge in [0.1, 0.15) is 6.17 Å². The fourth-order valence-corrected chi connectivity index (χ4v) is 7.94. The van der Waals surface area contributed by atoms with Crippen LogP contribution in [0.5, 0.6) is 0 Å². The molecule has 4 rings (SSSR count). The van der Waals surface area contributed by atoms with Gasteiger partial charge >= 0.3 is 5.97 Å². The fourth-order valence-electron chi connectivity index (χ4n) is 7.74. The van der Waals surface area contributed by atoms with Gasteiger partial charge in [-0.25, -0.2) is 8.78 Å². The second-order valence-corrected chi connectivity index (χ2v) is 10.9. The first-order chi connectivity index (χ1) is 15.3. The summed E-state index contributed by atoms with van der Waals surface area (Å²) in [5.41, 5.74) is -6.47. The molecule has 3 saturated carbocycles. The Kier molecular flexibility index (Phi) is 5.73. The number of fused-ring (bicyclic) bond motifs is 5. The van der Waals surface area contributed by atoms with Crippen LogP contribution in [0.25, 0.3) is 0 Å². The molecular weight excluding hydrogens is 454 g/mol. The van der Waals surface area contributed by atoms with Crippen molar-refractivity contribution >= 4 is 29.1 Å². The highest BCUT2D eigenvalue weighted by molar-refractivity contribution is 6.29. The quantitative estimate of drug-likeness (QED) is 0.481. The number of aliphatic hydroxyl groups excluding tert-OH is 1. The fraction of sp³-hybridized carbons (Fsp3) is 0.720. The van der Waals surface area contributed by atoms with Gasteiger partial charge in [-0.15, -0.1) is 11.6 Å². The van der Waals surface area contributed by atoms with Gasteiger partial charge in [-0.05, 0) is 49.8 Å². The molecule has 0 aromatic rings. The lowest BCUT2D eigenvalue weighted by Gasteiger charge is -2.63. The molecule has 1 N–H and O–H groups in total. The van der Waals surface area contributed by atoms with Gasteiger partial charge in [0.05, 0.1) is 12.0 Å². The highest BCUT2D eigenvalue weighted by Crippen LogP contribution is 2.71. The molecule has 9 atom stereocenters. The van der Waals surface area contributed by atoms with Gasteiger partial charge in [0.25, 0.3) is 0 Å². The van der Waals surface area contributed by atoms with Gasteiger partial charge < -0.3 is 9.84 Å². The maximum Gasteiger partial charge on any atom is 0.306 e. The van der Waals surface area contributed by atoms with E-state index in [0.29, 0.717) is 6.42 Å². The van der Waals surface area contributed by atoms with Crippen LogP contribution in [-0.2, 0) is 19.1 Å². The van der Waals surface area contributed by atoms with Crippen molar-refractivity contribution < 1.29 is 33.0 Å². The van der Waals surface area contributed by atoms with E-state index in [2.05, 4.69) is 0 Å². The number of hydrogen-bond acceptors (Lipinski definition) is 5. The Balaban J connectivity index is 1.88. The van der Waals surface area contributed by atoms with Gasteiger partial charge in [-0.1, -0.05) is 26.8 Å². The normalized spacial score (nSPS) is 48.4. The minimum absolute atomic E-state index is 0.0431. The van der Waals surface area contributed by atoms with E-state index >= 15 is 8.78 Å². The molecule has 3 fully saturated rings. The number of ether oxygens (including phenoxy) is 1. The minimum atomic E-state index is -2.25. The first-order valence-electron chi connectivity index (χ1n) is 11.6. The number of carbonyl (C=O) groups is 3. The molecule has 0 radical (unpaired) electrons. The second-order valence-electron chi connectivity index (χ2n) is 10.6. The Morgan fingerprint density at radius 2 is 1.94 bits per heavy atom. The maximum atomic E-state index is 17.2. The van der Waals surface area contributed by atoms with Crippen molar-refractivity contribution in [3.8, 4) is 0 Å². The number of halogens is 3. The Morgan fingerprint density at radius 1 is 1.27 bits per heavy atom. The average molecular weight is 485 g/mol. The van der Waals surface area contributed by atoms with Gasteiger partial charge in [-0.3, -0.25) is 14.4 Å². The summed E-state index contributed by atoms with van der Waals surface area (Å²) in [6, 6.07) is 0. The van der Waals surface area contributed by atoms with Crippen LogP contribution in [0.4, 0.5) is 8.78 Å². The van der Waals surface area contributed by atoms with Crippen molar-refractivity contribution in [3.63, 3.8) is 0 Å². The molecular formula is C25H31ClF2O5. The van der Waals surface area contributed by atoms with Crippen LogP contribution in [0.3, 0.4) is 0 Å². The van der Waals surface area contributed by atoms with E-state index in [4.69, 9.17) is 16.3 Å². The molecule has 0 amide bonds. The SMILES string of the molecule is CCC(=O)O[C@]1(C(=O)CCl)[C@@H](C)C[C@@H]2[C@@H]3C[C@H](F)C4=CC(=O)C=C[C@]4(C)[C@@]3(F)[C@@H](O)C[C@]21C. The van der Waals surface area contributed by atoms with Crippen molar-refractivity contribution in [3.05, 3.63) is 23.8 Å². The molecule has 5 nitrogen and oxygen atoms in total. The topological polar surface area (TPSA) is 80.7 Å². The molecule has 0 aromatic carbocycles. The third kappa shape index (κ3) is 2.87. The molecule has 4 aliphatic rings. The van der Waals surface area contributed by atoms with Gasteiger partial charge in [0.2, 0.25) is 0 Å². The Labute approximate surface area is 197 Å². The molecule has 0 saturated heterocycles. The Bertz CT molecular complexity index is 964. The minimum Gasteiger partial charge on any atom is -0.450 e. The number of carbonyl (C=O) groups excluding carboxylic acids is 3. The summed E-state index contributed by atoms with van der Waals surface area (Å²) in [5.74, 6) is -3.84. The second kappa shape index (κ2) is 7.70. The van der Waals surface area contributed by atoms with Crippen LogP contribution < -0.4 is 0 Å². The molecule has 0 bridgehead atoms. The van der Waals surface area contributed by atoms with E-state index < -0.39 is 75.5 Å². The third-order valence-electron chi connectivity index (χ3n) is 9.27. The van der Waals surface area contributed by atoms with Crippen molar-refractivity contribution in [2.24, 2.45) is 28.6 Å². The first kappa shape index (κ1) is 24.5. The molecule has 0 aliphatic heterocycles. The van der Waals surface area contributed by atoms with Crippen molar-refractivity contribution in [2.75, 3.05) is 5.88 Å². The summed E-state index contributed by atoms with van der Waals surface area (Å²) in [7, 11) is 0. The summed E-state index contributed by atoms with van der Waals surface area (Å²) in [4.78, 5) is 37.7. The van der Waals surface area contributed by atoms with Crippen LogP contribution >= 0.6 is 11.6 Å². The summed E-state index contributed by atoms with van der Waals surface area (Å²) in [6.07, 6.45) is 0.584. The van der Waals surface area contributed by atoms with Crippen LogP contribution in [0.1, 0.15) is 53.4 Å². The number of Topliss-reactive ketones (excluding diaryl/α,β-unsaturated/α-hetero) is 1. The number of hydrogen-bond donors (Lipinski definition) is 1. The van der Waals surface area contributed by atoms with Gasteiger partial charge in [-0.2, -0.15) is 0 Å². The monoisotopic (exact) mass is 484 g/mol. The van der Waals surface area contributed by atoms with E-state index in [1.54, 1.807) is 20.8 Å². The van der Waals surface area contributed by atoms with Crippen LogP contribution in [0, 0.1) is 28.6 Å². The van der Waals surface area contributed by atoms with Crippen molar-refractivity contribution in [2.45, 2.75) is 76.9 Å². The van der Waals surface area contributed by atoms with E-state index in [0.717, 1.165) is 6.08 Å². The lowest BCUT2D eigenvalue weighted by molar-refractivity contribution is -0.230. The zero-order valence-electron chi connectivity index (χ0n) is 19.4. The van der Waals surface area contributed by atoms with E-state index in [1.807, 2.05) is 0 Å². The Hall–Kier alpha value is -1.60. The molecule has 0 spiro atoms. The van der Waals surface area contributed by atoms with Crippen LogP contribution in [0.15, 0.2) is 23.8 Å². The average Bonchev–Trinajstić information content (AvgIpc) is 2.98. The van der Waals surface area contributed by atoms with Crippen molar-refractivity contribution in [1.29, 1.82) is 0 Å². The van der Waals surface area contributed by atoms with Gasteiger partial charge in [0, 0.05) is 29.1 Å². The van der Waals surface area contributed by atoms with E-state index in [9.17, 15) is 19.5 Å². The summed E-state index contributed by atoms with van der Waals surface area (Å²) >= 11 is 5.97. The largest absolute Gasteiger partial charge is 0.450 e. The third-order valence-corrected chi connectivity index (χ3v) is 9.51. The lowest BCUT2D eigenvalue weighted by Crippen LogP contribution is -2.71. The van der Waals surface area contributed by atoms with E-state index in [1.165, 1.54) is 19.1 Å². The molecule has 0 unspecified atom stereocenters. The number of aliphatic hydroxyl groups is 1. The molecule has 8 heteroatoms. The summed E-state index contributed by atoms with van der Waals surface area (Å²) < 4.78 is 38.5. The molecule has 4 aliphatic carbocycles. The number of ketones is 2. The zero-order valence-corrected chi connectivity index (χ0v) is 20.1. The molecule has 0 aromatic heterocycles. The smallest absolute Gasteiger partial charge is 0.306 e. The molecule has 182 valence electrons. The van der Waals surface area contributed by atoms with Crippen LogP contribution in [0.2, 0.25) is 0 Å². The maximum absolute atomic E-state index is 17.2. The predicted molar refractivity (Wildman–Crippen MR) is 118 cm³/mol.